The van der Waals surface area contributed by atoms with Crippen LogP contribution in [0.4, 0.5) is 5.95 Å². The van der Waals surface area contributed by atoms with Crippen LogP contribution in [-0.2, 0) is 0 Å². The summed E-state index contributed by atoms with van der Waals surface area (Å²) in [4.78, 5) is 7.77. The molecule has 0 aliphatic carbocycles. The number of imidazole rings is 1. The first-order valence-electron chi connectivity index (χ1n) is 5.85. The standard InChI is InChI=1S/C13H19N3/c1-9(2)6-7-14-13-15-11-5-4-10(3)8-12(11)16-13/h4-5,8-9H,6-7H2,1-3H3,(H2,14,15,16). The molecule has 2 aromatic rings. The first-order chi connectivity index (χ1) is 7.65. The van der Waals surface area contributed by atoms with E-state index in [-0.39, 0.29) is 0 Å². The van der Waals surface area contributed by atoms with Crippen LogP contribution >= 0.6 is 0 Å². The fourth-order valence-electron chi connectivity index (χ4n) is 1.69. The highest BCUT2D eigenvalue weighted by molar-refractivity contribution is 5.78. The second kappa shape index (κ2) is 4.56. The zero-order valence-electron chi connectivity index (χ0n) is 10.2. The smallest absolute Gasteiger partial charge is 0.201 e. The van der Waals surface area contributed by atoms with Crippen molar-refractivity contribution in [2.24, 2.45) is 5.92 Å². The minimum atomic E-state index is 0.721. The molecule has 2 N–H and O–H groups in total. The van der Waals surface area contributed by atoms with Crippen molar-refractivity contribution in [3.05, 3.63) is 23.8 Å². The van der Waals surface area contributed by atoms with Crippen molar-refractivity contribution in [1.82, 2.24) is 9.97 Å². The minimum absolute atomic E-state index is 0.721. The first-order valence-corrected chi connectivity index (χ1v) is 5.85. The molecule has 0 saturated heterocycles. The molecular formula is C13H19N3. The highest BCUT2D eigenvalue weighted by Gasteiger charge is 2.02. The van der Waals surface area contributed by atoms with E-state index in [4.69, 9.17) is 0 Å². The third-order valence-corrected chi connectivity index (χ3v) is 2.65. The van der Waals surface area contributed by atoms with E-state index >= 15 is 0 Å². The largest absolute Gasteiger partial charge is 0.356 e. The lowest BCUT2D eigenvalue weighted by Gasteiger charge is -2.04. The highest BCUT2D eigenvalue weighted by Crippen LogP contribution is 2.15. The molecule has 1 aromatic heterocycles. The van der Waals surface area contributed by atoms with Crippen LogP contribution in [0.25, 0.3) is 11.0 Å². The van der Waals surface area contributed by atoms with Gasteiger partial charge in [-0.3, -0.25) is 0 Å². The SMILES string of the molecule is Cc1ccc2nc(NCCC(C)C)[nH]c2c1. The monoisotopic (exact) mass is 217 g/mol. The molecule has 0 saturated carbocycles. The molecule has 1 aromatic carbocycles. The minimum Gasteiger partial charge on any atom is -0.356 e. The molecule has 86 valence electrons. The fourth-order valence-corrected chi connectivity index (χ4v) is 1.69. The maximum Gasteiger partial charge on any atom is 0.201 e. The Kier molecular flexibility index (Phi) is 3.13. The Labute approximate surface area is 96.3 Å². The van der Waals surface area contributed by atoms with Gasteiger partial charge in [-0.25, -0.2) is 4.98 Å². The van der Waals surface area contributed by atoms with Crippen molar-refractivity contribution in [3.8, 4) is 0 Å². The molecule has 3 nitrogen and oxygen atoms in total. The molecule has 2 rings (SSSR count). The van der Waals surface area contributed by atoms with Gasteiger partial charge in [0.2, 0.25) is 5.95 Å². The maximum absolute atomic E-state index is 4.48. The number of fused-ring (bicyclic) bond motifs is 1. The number of nitrogens with zero attached hydrogens (tertiary/aromatic N) is 1. The average molecular weight is 217 g/mol. The number of nitrogens with one attached hydrogen (secondary N) is 2. The van der Waals surface area contributed by atoms with E-state index < -0.39 is 0 Å². The van der Waals surface area contributed by atoms with Crippen molar-refractivity contribution in [3.63, 3.8) is 0 Å². The summed E-state index contributed by atoms with van der Waals surface area (Å²) in [5.74, 6) is 1.60. The topological polar surface area (TPSA) is 40.7 Å². The Morgan fingerprint density at radius 1 is 1.38 bits per heavy atom. The highest BCUT2D eigenvalue weighted by atomic mass is 15.1. The van der Waals surface area contributed by atoms with Gasteiger partial charge in [-0.2, -0.15) is 0 Å². The van der Waals surface area contributed by atoms with Crippen LogP contribution in [0.3, 0.4) is 0 Å². The number of aromatic amines is 1. The lowest BCUT2D eigenvalue weighted by molar-refractivity contribution is 0.606. The number of rotatable bonds is 4. The third-order valence-electron chi connectivity index (χ3n) is 2.65. The van der Waals surface area contributed by atoms with Gasteiger partial charge in [-0.1, -0.05) is 19.9 Å². The molecule has 0 spiro atoms. The van der Waals surface area contributed by atoms with Crippen LogP contribution in [0, 0.1) is 12.8 Å². The van der Waals surface area contributed by atoms with Gasteiger partial charge in [0, 0.05) is 6.54 Å². The summed E-state index contributed by atoms with van der Waals surface area (Å²) < 4.78 is 0. The van der Waals surface area contributed by atoms with Gasteiger partial charge in [-0.15, -0.1) is 0 Å². The molecular weight excluding hydrogens is 198 g/mol. The molecule has 0 amide bonds. The van der Waals surface area contributed by atoms with E-state index in [0.717, 1.165) is 35.9 Å². The van der Waals surface area contributed by atoms with E-state index in [1.165, 1.54) is 5.56 Å². The Morgan fingerprint density at radius 2 is 2.19 bits per heavy atom. The van der Waals surface area contributed by atoms with Crippen LogP contribution < -0.4 is 5.32 Å². The number of H-pyrrole nitrogens is 1. The number of aromatic nitrogens is 2. The van der Waals surface area contributed by atoms with Gasteiger partial charge in [0.1, 0.15) is 0 Å². The van der Waals surface area contributed by atoms with Crippen molar-refractivity contribution >= 4 is 17.0 Å². The van der Waals surface area contributed by atoms with E-state index in [1.54, 1.807) is 0 Å². The molecule has 0 atom stereocenters. The summed E-state index contributed by atoms with van der Waals surface area (Å²) in [6.45, 7) is 7.51. The quantitative estimate of drug-likeness (QED) is 0.824. The summed E-state index contributed by atoms with van der Waals surface area (Å²) >= 11 is 0. The molecule has 0 unspecified atom stereocenters. The van der Waals surface area contributed by atoms with E-state index in [9.17, 15) is 0 Å². The van der Waals surface area contributed by atoms with Crippen molar-refractivity contribution in [1.29, 1.82) is 0 Å². The summed E-state index contributed by atoms with van der Waals surface area (Å²) in [7, 11) is 0. The zero-order valence-corrected chi connectivity index (χ0v) is 10.2. The number of hydrogen-bond donors (Lipinski definition) is 2. The lowest BCUT2D eigenvalue weighted by atomic mass is 10.1. The van der Waals surface area contributed by atoms with Gasteiger partial charge < -0.3 is 10.3 Å². The Morgan fingerprint density at radius 3 is 2.94 bits per heavy atom. The average Bonchev–Trinajstić information content (AvgIpc) is 2.58. The number of anilines is 1. The van der Waals surface area contributed by atoms with Gasteiger partial charge in [0.05, 0.1) is 11.0 Å². The predicted octanol–water partition coefficient (Wildman–Crippen LogP) is 3.33. The molecule has 0 fully saturated rings. The normalized spacial score (nSPS) is 11.2. The number of aryl methyl sites for hydroxylation is 1. The van der Waals surface area contributed by atoms with Gasteiger partial charge in [0.15, 0.2) is 0 Å². The predicted molar refractivity (Wildman–Crippen MR) is 68.8 cm³/mol. The molecule has 0 aliphatic rings. The first kappa shape index (κ1) is 11.0. The van der Waals surface area contributed by atoms with Crippen LogP contribution in [-0.4, -0.2) is 16.5 Å². The van der Waals surface area contributed by atoms with Crippen LogP contribution in [0.15, 0.2) is 18.2 Å². The molecule has 0 aliphatic heterocycles. The zero-order chi connectivity index (χ0) is 11.5. The summed E-state index contributed by atoms with van der Waals surface area (Å²) in [6, 6.07) is 6.26. The van der Waals surface area contributed by atoms with E-state index in [1.807, 2.05) is 0 Å². The molecule has 1 heterocycles. The van der Waals surface area contributed by atoms with Gasteiger partial charge in [-0.05, 0) is 37.0 Å². The molecule has 3 heteroatoms. The molecule has 0 radical (unpaired) electrons. The number of benzene rings is 1. The summed E-state index contributed by atoms with van der Waals surface area (Å²) in [5, 5.41) is 3.32. The Balaban J connectivity index is 2.08. The van der Waals surface area contributed by atoms with Crippen LogP contribution in [0.5, 0.6) is 0 Å². The lowest BCUT2D eigenvalue weighted by Crippen LogP contribution is -2.05. The molecule has 16 heavy (non-hydrogen) atoms. The van der Waals surface area contributed by atoms with Gasteiger partial charge in [0.25, 0.3) is 0 Å². The van der Waals surface area contributed by atoms with Crippen LogP contribution in [0.1, 0.15) is 25.8 Å². The van der Waals surface area contributed by atoms with Gasteiger partial charge >= 0.3 is 0 Å². The van der Waals surface area contributed by atoms with Crippen LogP contribution in [0.2, 0.25) is 0 Å². The Hall–Kier alpha value is -1.51. The van der Waals surface area contributed by atoms with E-state index in [0.29, 0.717) is 0 Å². The summed E-state index contributed by atoms with van der Waals surface area (Å²) in [5.41, 5.74) is 3.38. The fraction of sp³-hybridized carbons (Fsp3) is 0.462. The summed E-state index contributed by atoms with van der Waals surface area (Å²) in [6.07, 6.45) is 1.16. The Bertz CT molecular complexity index is 471. The van der Waals surface area contributed by atoms with Crippen molar-refractivity contribution < 1.29 is 0 Å². The van der Waals surface area contributed by atoms with E-state index in [2.05, 4.69) is 54.3 Å². The third kappa shape index (κ3) is 2.54. The second-order valence-electron chi connectivity index (χ2n) is 4.72. The maximum atomic E-state index is 4.48. The number of hydrogen-bond acceptors (Lipinski definition) is 2. The van der Waals surface area contributed by atoms with Crippen molar-refractivity contribution in [2.45, 2.75) is 27.2 Å². The second-order valence-corrected chi connectivity index (χ2v) is 4.72. The van der Waals surface area contributed by atoms with Crippen molar-refractivity contribution in [2.75, 3.05) is 11.9 Å². The molecule has 0 bridgehead atoms.